The molecule has 4 atom stereocenters. The fourth-order valence-electron chi connectivity index (χ4n) is 11.5. The van der Waals surface area contributed by atoms with Crippen LogP contribution < -0.4 is 16.9 Å². The molecule has 4 aliphatic carbocycles. The van der Waals surface area contributed by atoms with E-state index in [-0.39, 0.29) is 5.96 Å². The molecule has 0 saturated heterocycles. The van der Waals surface area contributed by atoms with Crippen molar-refractivity contribution in [3.8, 4) is 11.1 Å². The standard InChI is InChI=1S/C27H22F2N4O.C20H18BrF2N3O.C7H6BNO2/c1-31-21-5-3-4-16(10-21)17-6-7-19-14-26(27(22(19)11-17)32-25(30)33(2)34-27)9-8-18-12-23(28)24(29)13-20(18)15-26;1-26-18(24)25-20(27-26)15-8-14(21)3-2-12(15)9-19(20)5-4-11-6-16(22)17(23)7-13(11)10-19;1-9-7-4-2-3-6(5-7)8(10)11/h3-7,10-13H,8-9,14-15H2,2H3,(H2,30,32);2-3,6-8H,4-5,9-10H2,1H3,(H2,24,25);2-5,10-11H. The van der Waals surface area contributed by atoms with E-state index in [0.717, 1.165) is 72.9 Å². The molecule has 0 amide bonds. The highest BCUT2D eigenvalue weighted by atomic mass is 79.9. The molecule has 6 aliphatic rings. The van der Waals surface area contributed by atoms with Crippen molar-refractivity contribution < 1.29 is 37.3 Å². The van der Waals surface area contributed by atoms with Crippen LogP contribution in [0.2, 0.25) is 0 Å². The smallest absolute Gasteiger partial charge is 0.423 e. The van der Waals surface area contributed by atoms with Crippen LogP contribution in [0.1, 0.15) is 57.3 Å². The van der Waals surface area contributed by atoms with Crippen molar-refractivity contribution in [3.63, 3.8) is 0 Å². The summed E-state index contributed by atoms with van der Waals surface area (Å²) in [6, 6.07) is 31.3. The van der Waals surface area contributed by atoms with Crippen LogP contribution in [-0.2, 0) is 59.7 Å². The number of aryl methyl sites for hydroxylation is 2. The van der Waals surface area contributed by atoms with Crippen molar-refractivity contribution in [2.45, 2.75) is 62.8 Å². The van der Waals surface area contributed by atoms with Crippen molar-refractivity contribution in [1.29, 1.82) is 0 Å². The Morgan fingerprint density at radius 1 is 0.583 bits per heavy atom. The van der Waals surface area contributed by atoms with Gasteiger partial charge in [0.2, 0.25) is 23.4 Å². The number of hydrogen-bond acceptors (Lipinski definition) is 10. The molecule has 0 radical (unpaired) electrons. The second kappa shape index (κ2) is 18.2. The summed E-state index contributed by atoms with van der Waals surface area (Å²) in [7, 11) is 1.98. The van der Waals surface area contributed by atoms with Crippen LogP contribution >= 0.6 is 15.9 Å². The summed E-state index contributed by atoms with van der Waals surface area (Å²) in [5, 5.41) is 20.4. The number of nitrogens with two attached hydrogens (primary N) is 2. The first-order chi connectivity index (χ1) is 34.4. The van der Waals surface area contributed by atoms with Crippen LogP contribution in [0, 0.1) is 47.2 Å². The van der Waals surface area contributed by atoms with Gasteiger partial charge in [0.25, 0.3) is 0 Å². The van der Waals surface area contributed by atoms with Gasteiger partial charge in [0.15, 0.2) is 34.6 Å². The third kappa shape index (κ3) is 8.08. The maximum absolute atomic E-state index is 14.2. The molecular formula is C54H46BBrF4N8O4. The Balaban J connectivity index is 0.000000140. The minimum absolute atomic E-state index is 0.281. The SMILES string of the molecule is CN1OC2(N=C1N)c1cc(Br)ccc1CC21CCc2cc(F)c(F)cc2C1.[C-]#[N+]c1cccc(-c2ccc3c(c2)C2(N=C(N)N(C)O2)C2(CCc4cc(F)c(F)cc4C2)C3)c1.[C-]#[N+]c1cccc(B(O)O)c1. The summed E-state index contributed by atoms with van der Waals surface area (Å²) in [5.74, 6) is -2.66. The van der Waals surface area contributed by atoms with Crippen molar-refractivity contribution in [3.05, 3.63) is 204 Å². The molecule has 12 nitrogen and oxygen atoms in total. The number of hydroxylamine groups is 4. The highest BCUT2D eigenvalue weighted by Gasteiger charge is 2.65. The average molecular weight is 1040 g/mol. The van der Waals surface area contributed by atoms with Gasteiger partial charge in [0, 0.05) is 40.5 Å². The van der Waals surface area contributed by atoms with Gasteiger partial charge in [-0.1, -0.05) is 76.6 Å². The Kier molecular flexibility index (Phi) is 12.3. The van der Waals surface area contributed by atoms with E-state index in [2.05, 4.69) is 43.8 Å². The Bertz CT molecular complexity index is 3370. The monoisotopic (exact) mass is 1040 g/mol. The topological polar surface area (TPSA) is 151 Å². The van der Waals surface area contributed by atoms with Crippen molar-refractivity contribution in [2.75, 3.05) is 14.1 Å². The molecule has 18 heteroatoms. The van der Waals surface area contributed by atoms with E-state index in [0.29, 0.717) is 61.3 Å². The fourth-order valence-corrected chi connectivity index (χ4v) is 11.9. The van der Waals surface area contributed by atoms with Crippen LogP contribution in [0.5, 0.6) is 0 Å². The predicted molar refractivity (Wildman–Crippen MR) is 268 cm³/mol. The van der Waals surface area contributed by atoms with Gasteiger partial charge >= 0.3 is 7.12 Å². The first kappa shape index (κ1) is 48.6. The number of hydrogen-bond donors (Lipinski definition) is 4. The zero-order valence-electron chi connectivity index (χ0n) is 39.1. The van der Waals surface area contributed by atoms with Crippen LogP contribution in [0.4, 0.5) is 28.9 Å². The molecule has 6 aromatic rings. The number of fused-ring (bicyclic) bond motifs is 8. The minimum Gasteiger partial charge on any atom is -0.423 e. The van der Waals surface area contributed by atoms with E-state index in [1.165, 1.54) is 40.5 Å². The van der Waals surface area contributed by atoms with Gasteiger partial charge in [-0.25, -0.2) is 57.0 Å². The molecule has 12 rings (SSSR count). The van der Waals surface area contributed by atoms with E-state index in [1.807, 2.05) is 36.4 Å². The van der Waals surface area contributed by atoms with Gasteiger partial charge in [-0.3, -0.25) is 0 Å². The van der Waals surface area contributed by atoms with Crippen LogP contribution in [0.3, 0.4) is 0 Å². The van der Waals surface area contributed by atoms with Gasteiger partial charge in [0.1, 0.15) is 0 Å². The summed E-state index contributed by atoms with van der Waals surface area (Å²) in [5.41, 5.74) is 20.1. The highest BCUT2D eigenvalue weighted by Crippen LogP contribution is 2.63. The summed E-state index contributed by atoms with van der Waals surface area (Å²) in [6.07, 6.45) is 5.19. The Morgan fingerprint density at radius 3 is 1.51 bits per heavy atom. The lowest BCUT2D eigenvalue weighted by atomic mass is 9.65. The lowest BCUT2D eigenvalue weighted by Gasteiger charge is -2.44. The number of guanidine groups is 2. The summed E-state index contributed by atoms with van der Waals surface area (Å²) in [6.45, 7) is 14.0. The highest BCUT2D eigenvalue weighted by molar-refractivity contribution is 9.10. The fraction of sp³-hybridized carbons (Fsp3) is 0.259. The normalized spacial score (nSPS) is 23.8. The predicted octanol–water partition coefficient (Wildman–Crippen LogP) is 8.98. The molecule has 2 heterocycles. The minimum atomic E-state index is -1.49. The number of rotatable bonds is 2. The summed E-state index contributed by atoms with van der Waals surface area (Å²) >= 11 is 3.54. The molecule has 4 spiro atoms. The molecule has 2 aliphatic heterocycles. The van der Waals surface area contributed by atoms with Gasteiger partial charge in [-0.2, -0.15) is 0 Å². The zero-order valence-corrected chi connectivity index (χ0v) is 40.7. The second-order valence-corrected chi connectivity index (χ2v) is 20.1. The molecule has 0 bridgehead atoms. The molecule has 4 unspecified atom stereocenters. The third-order valence-electron chi connectivity index (χ3n) is 15.0. The van der Waals surface area contributed by atoms with E-state index in [4.69, 9.17) is 54.3 Å². The number of aliphatic imine (C=N–C) groups is 2. The number of halogens is 5. The maximum atomic E-state index is 14.2. The molecule has 364 valence electrons. The maximum Gasteiger partial charge on any atom is 0.487 e. The Labute approximate surface area is 422 Å². The Hall–Kier alpha value is -7.06. The molecule has 0 fully saturated rings. The van der Waals surface area contributed by atoms with E-state index in [9.17, 15) is 17.6 Å². The van der Waals surface area contributed by atoms with Gasteiger partial charge in [-0.15, -0.1) is 0 Å². The van der Waals surface area contributed by atoms with E-state index >= 15 is 0 Å². The molecule has 72 heavy (non-hydrogen) atoms. The van der Waals surface area contributed by atoms with Crippen molar-refractivity contribution in [1.82, 2.24) is 10.1 Å². The van der Waals surface area contributed by atoms with Crippen molar-refractivity contribution in [2.24, 2.45) is 32.3 Å². The first-order valence-electron chi connectivity index (χ1n) is 23.2. The van der Waals surface area contributed by atoms with E-state index < -0.39 is 52.7 Å². The van der Waals surface area contributed by atoms with Gasteiger partial charge in [0.05, 0.1) is 13.1 Å². The third-order valence-corrected chi connectivity index (χ3v) is 15.5. The van der Waals surface area contributed by atoms with Gasteiger partial charge in [-0.05, 0) is 150 Å². The van der Waals surface area contributed by atoms with Crippen LogP contribution in [-0.4, -0.2) is 53.3 Å². The first-order valence-corrected chi connectivity index (χ1v) is 23.9. The number of benzene rings is 6. The van der Waals surface area contributed by atoms with Crippen LogP contribution in [0.25, 0.3) is 20.8 Å². The van der Waals surface area contributed by atoms with E-state index in [1.54, 1.807) is 38.4 Å². The lowest BCUT2D eigenvalue weighted by molar-refractivity contribution is -0.224. The van der Waals surface area contributed by atoms with Crippen LogP contribution in [0.15, 0.2) is 124 Å². The molecule has 6 N–H and O–H groups in total. The van der Waals surface area contributed by atoms with Gasteiger partial charge < -0.3 is 21.5 Å². The number of nitrogens with zero attached hydrogens (tertiary/aromatic N) is 6. The second-order valence-electron chi connectivity index (χ2n) is 19.2. The summed E-state index contributed by atoms with van der Waals surface area (Å²) in [4.78, 5) is 29.1. The lowest BCUT2D eigenvalue weighted by Crippen LogP contribution is -2.47. The zero-order chi connectivity index (χ0) is 50.9. The summed E-state index contributed by atoms with van der Waals surface area (Å²) < 4.78 is 56.6. The average Bonchev–Trinajstić information content (AvgIpc) is 4.02. The quantitative estimate of drug-likeness (QED) is 0.0763. The Morgan fingerprint density at radius 2 is 1.03 bits per heavy atom. The molecule has 6 aromatic carbocycles. The largest absolute Gasteiger partial charge is 0.487 e. The van der Waals surface area contributed by atoms with Crippen molar-refractivity contribution >= 4 is 51.8 Å². The molecule has 0 aromatic heterocycles. The molecule has 0 saturated carbocycles. The molecular weight excluding hydrogens is 991 g/mol.